The van der Waals surface area contributed by atoms with Crippen LogP contribution in [0.25, 0.3) is 0 Å². The number of anilines is 2. The van der Waals surface area contributed by atoms with E-state index in [-0.39, 0.29) is 18.0 Å². The molecule has 4 aromatic carbocycles. The van der Waals surface area contributed by atoms with E-state index in [1.54, 1.807) is 12.1 Å². The summed E-state index contributed by atoms with van der Waals surface area (Å²) in [5.74, 6) is 0.459. The summed E-state index contributed by atoms with van der Waals surface area (Å²) in [7, 11) is 0. The van der Waals surface area contributed by atoms with Crippen LogP contribution in [0.1, 0.15) is 27.0 Å². The summed E-state index contributed by atoms with van der Waals surface area (Å²) in [5, 5.41) is 6.71. The fourth-order valence-corrected chi connectivity index (χ4v) is 4.65. The second-order valence-corrected chi connectivity index (χ2v) is 9.46. The molecule has 0 radical (unpaired) electrons. The zero-order chi connectivity index (χ0) is 26.2. The molecule has 192 valence electrons. The highest BCUT2D eigenvalue weighted by molar-refractivity contribution is 6.00. The van der Waals surface area contributed by atoms with Gasteiger partial charge in [0, 0.05) is 17.9 Å². The van der Waals surface area contributed by atoms with Crippen molar-refractivity contribution in [2.24, 2.45) is 4.99 Å². The summed E-state index contributed by atoms with van der Waals surface area (Å²) in [6.45, 7) is 1.08. The maximum absolute atomic E-state index is 13.1. The number of aliphatic imine (C=N–C) groups is 1. The Balaban J connectivity index is 1.31. The molecule has 5 rings (SSSR count). The van der Waals surface area contributed by atoms with Gasteiger partial charge in [0.05, 0.1) is 23.2 Å². The quantitative estimate of drug-likeness (QED) is 0.262. The third kappa shape index (κ3) is 6.40. The summed E-state index contributed by atoms with van der Waals surface area (Å²) in [6, 6.07) is 35.5. The molecule has 1 aliphatic heterocycles. The zero-order valence-electron chi connectivity index (χ0n) is 21.2. The van der Waals surface area contributed by atoms with Gasteiger partial charge in [-0.15, -0.1) is 0 Å². The molecule has 0 aliphatic carbocycles. The van der Waals surface area contributed by atoms with Crippen molar-refractivity contribution in [3.05, 3.63) is 131 Å². The minimum Gasteiger partial charge on any atom is -0.475 e. The SMILES string of the molecule is Nc1ccccc1C(=O)N[C@H](CNc1ccccc1C1=N[C@@H](Cc2ccccc2)CO1)Cc1ccccc1. The number of hydrogen-bond acceptors (Lipinski definition) is 5. The third-order valence-electron chi connectivity index (χ3n) is 6.59. The fourth-order valence-electron chi connectivity index (χ4n) is 4.65. The molecule has 6 heteroatoms. The highest BCUT2D eigenvalue weighted by Crippen LogP contribution is 2.22. The zero-order valence-corrected chi connectivity index (χ0v) is 21.2. The lowest BCUT2D eigenvalue weighted by molar-refractivity contribution is 0.0940. The average molecular weight is 505 g/mol. The van der Waals surface area contributed by atoms with Gasteiger partial charge in [0.1, 0.15) is 6.61 Å². The molecule has 1 amide bonds. The lowest BCUT2D eigenvalue weighted by atomic mass is 10.0. The van der Waals surface area contributed by atoms with Crippen LogP contribution in [0.15, 0.2) is 114 Å². The molecular weight excluding hydrogens is 472 g/mol. The predicted molar refractivity (Wildman–Crippen MR) is 154 cm³/mol. The van der Waals surface area contributed by atoms with Crippen LogP contribution in [0.4, 0.5) is 11.4 Å². The van der Waals surface area contributed by atoms with Crippen molar-refractivity contribution < 1.29 is 9.53 Å². The molecule has 1 heterocycles. The highest BCUT2D eigenvalue weighted by Gasteiger charge is 2.23. The molecule has 0 saturated heterocycles. The average Bonchev–Trinajstić information content (AvgIpc) is 3.41. The van der Waals surface area contributed by atoms with Crippen molar-refractivity contribution in [2.45, 2.75) is 24.9 Å². The van der Waals surface area contributed by atoms with Crippen LogP contribution in [-0.2, 0) is 17.6 Å². The van der Waals surface area contributed by atoms with E-state index in [1.807, 2.05) is 72.8 Å². The largest absolute Gasteiger partial charge is 0.475 e. The number of nitrogens with two attached hydrogens (primary N) is 1. The van der Waals surface area contributed by atoms with Crippen LogP contribution < -0.4 is 16.4 Å². The summed E-state index contributed by atoms with van der Waals surface area (Å²) < 4.78 is 6.03. The van der Waals surface area contributed by atoms with Crippen molar-refractivity contribution >= 4 is 23.2 Å². The van der Waals surface area contributed by atoms with Crippen molar-refractivity contribution in [1.29, 1.82) is 0 Å². The number of nitrogen functional groups attached to an aromatic ring is 1. The van der Waals surface area contributed by atoms with Crippen molar-refractivity contribution in [3.63, 3.8) is 0 Å². The molecule has 2 atom stereocenters. The first-order valence-corrected chi connectivity index (χ1v) is 12.9. The number of ether oxygens (including phenoxy) is 1. The van der Waals surface area contributed by atoms with E-state index >= 15 is 0 Å². The maximum Gasteiger partial charge on any atom is 0.253 e. The molecule has 0 saturated carbocycles. The fraction of sp³-hybridized carbons (Fsp3) is 0.188. The van der Waals surface area contributed by atoms with Gasteiger partial charge in [0.15, 0.2) is 0 Å². The first kappa shape index (κ1) is 25.1. The van der Waals surface area contributed by atoms with E-state index in [1.165, 1.54) is 5.56 Å². The van der Waals surface area contributed by atoms with Gasteiger partial charge in [-0.1, -0.05) is 84.9 Å². The van der Waals surface area contributed by atoms with Crippen LogP contribution >= 0.6 is 0 Å². The molecule has 1 aliphatic rings. The topological polar surface area (TPSA) is 88.7 Å². The lowest BCUT2D eigenvalue weighted by Crippen LogP contribution is -2.41. The molecule has 0 aromatic heterocycles. The van der Waals surface area contributed by atoms with Gasteiger partial charge in [0.2, 0.25) is 5.90 Å². The molecule has 0 spiro atoms. The Morgan fingerprint density at radius 3 is 2.29 bits per heavy atom. The Kier molecular flexibility index (Phi) is 7.99. The van der Waals surface area contributed by atoms with Gasteiger partial charge in [0.25, 0.3) is 5.91 Å². The number of para-hydroxylation sites is 2. The predicted octanol–water partition coefficient (Wildman–Crippen LogP) is 5.11. The van der Waals surface area contributed by atoms with Gasteiger partial charge in [-0.2, -0.15) is 0 Å². The van der Waals surface area contributed by atoms with Crippen molar-refractivity contribution in [1.82, 2.24) is 5.32 Å². The van der Waals surface area contributed by atoms with Crippen molar-refractivity contribution in [3.8, 4) is 0 Å². The molecule has 0 fully saturated rings. The summed E-state index contributed by atoms with van der Waals surface area (Å²) in [5.41, 5.74) is 11.2. The van der Waals surface area contributed by atoms with Gasteiger partial charge >= 0.3 is 0 Å². The lowest BCUT2D eigenvalue weighted by Gasteiger charge is -2.22. The van der Waals surface area contributed by atoms with Crippen LogP contribution in [0.3, 0.4) is 0 Å². The molecule has 4 N–H and O–H groups in total. The Labute approximate surface area is 223 Å². The Hall–Kier alpha value is -4.58. The van der Waals surface area contributed by atoms with Crippen LogP contribution in [0, 0.1) is 0 Å². The molecule has 6 nitrogen and oxygen atoms in total. The summed E-state index contributed by atoms with van der Waals surface area (Å²) >= 11 is 0. The second kappa shape index (κ2) is 12.1. The van der Waals surface area contributed by atoms with Crippen LogP contribution in [-0.4, -0.2) is 37.0 Å². The van der Waals surface area contributed by atoms with E-state index in [9.17, 15) is 4.79 Å². The van der Waals surface area contributed by atoms with Gasteiger partial charge in [-0.3, -0.25) is 4.79 Å². The molecule has 38 heavy (non-hydrogen) atoms. The molecule has 0 bridgehead atoms. The van der Waals surface area contributed by atoms with Gasteiger partial charge < -0.3 is 21.1 Å². The van der Waals surface area contributed by atoms with Crippen LogP contribution in [0.2, 0.25) is 0 Å². The summed E-state index contributed by atoms with van der Waals surface area (Å²) in [4.78, 5) is 18.0. The number of carbonyl (C=O) groups is 1. The highest BCUT2D eigenvalue weighted by atomic mass is 16.5. The van der Waals surface area contributed by atoms with Crippen LogP contribution in [0.5, 0.6) is 0 Å². The monoisotopic (exact) mass is 504 g/mol. The number of amides is 1. The van der Waals surface area contributed by atoms with E-state index in [2.05, 4.69) is 34.9 Å². The summed E-state index contributed by atoms with van der Waals surface area (Å²) in [6.07, 6.45) is 1.51. The van der Waals surface area contributed by atoms with Gasteiger partial charge in [-0.25, -0.2) is 4.99 Å². The number of nitrogens with zero attached hydrogens (tertiary/aromatic N) is 1. The second-order valence-electron chi connectivity index (χ2n) is 9.46. The number of benzene rings is 4. The molecule has 4 aromatic rings. The number of carbonyl (C=O) groups excluding carboxylic acids is 1. The molecule has 0 unspecified atom stereocenters. The van der Waals surface area contributed by atoms with Crippen molar-refractivity contribution in [2.75, 3.05) is 24.2 Å². The van der Waals surface area contributed by atoms with E-state index in [0.717, 1.165) is 23.2 Å². The number of hydrogen-bond donors (Lipinski definition) is 3. The first-order valence-electron chi connectivity index (χ1n) is 12.9. The molecular formula is C32H32N4O2. The maximum atomic E-state index is 13.1. The minimum atomic E-state index is -0.189. The van der Waals surface area contributed by atoms with E-state index < -0.39 is 0 Å². The van der Waals surface area contributed by atoms with Gasteiger partial charge in [-0.05, 0) is 48.2 Å². The third-order valence-corrected chi connectivity index (χ3v) is 6.59. The first-order chi connectivity index (χ1) is 18.7. The normalized spacial score (nSPS) is 15.3. The minimum absolute atomic E-state index is 0.0851. The standard InChI is InChI=1S/C32H32N4O2/c33-29-17-9-7-15-27(29)31(37)35-25(19-23-11-3-1-4-12-23)21-34-30-18-10-8-16-28(30)32-36-26(22-38-32)20-24-13-5-2-6-14-24/h1-18,25-26,34H,19-22,33H2,(H,35,37)/t25-,26-/m0/s1. The van der Waals surface area contributed by atoms with E-state index in [0.29, 0.717) is 36.7 Å². The number of nitrogens with one attached hydrogen (secondary N) is 2. The number of rotatable bonds is 10. The Bertz CT molecular complexity index is 1390. The smallest absolute Gasteiger partial charge is 0.253 e. The van der Waals surface area contributed by atoms with E-state index in [4.69, 9.17) is 15.5 Å². The Morgan fingerprint density at radius 1 is 0.868 bits per heavy atom. The Morgan fingerprint density at radius 2 is 1.53 bits per heavy atom.